The molecule has 6 heteroatoms. The van der Waals surface area contributed by atoms with Crippen molar-refractivity contribution in [3.63, 3.8) is 0 Å². The molecule has 1 amide bonds. The van der Waals surface area contributed by atoms with Crippen LogP contribution in [0.25, 0.3) is 0 Å². The maximum atomic E-state index is 13.5. The summed E-state index contributed by atoms with van der Waals surface area (Å²) in [6, 6.07) is 12.4. The maximum absolute atomic E-state index is 13.5. The third kappa shape index (κ3) is 4.81. The first kappa shape index (κ1) is 21.4. The summed E-state index contributed by atoms with van der Waals surface area (Å²) in [4.78, 5) is 15.1. The molecule has 156 valence electrons. The Kier molecular flexibility index (Phi) is 6.32. The number of anilines is 1. The summed E-state index contributed by atoms with van der Waals surface area (Å²) in [6.07, 6.45) is 2.06. The van der Waals surface area contributed by atoms with Crippen molar-refractivity contribution in [1.82, 2.24) is 4.90 Å². The van der Waals surface area contributed by atoms with E-state index < -0.39 is 10.0 Å². The number of carbonyl (C=O) groups excluding carboxylic acids is 1. The van der Waals surface area contributed by atoms with Crippen LogP contribution >= 0.6 is 0 Å². The molecule has 2 aromatic rings. The van der Waals surface area contributed by atoms with Gasteiger partial charge in [-0.3, -0.25) is 9.10 Å². The third-order valence-corrected chi connectivity index (χ3v) is 7.29. The summed E-state index contributed by atoms with van der Waals surface area (Å²) in [5, 5.41) is 0. The van der Waals surface area contributed by atoms with Crippen LogP contribution in [0.2, 0.25) is 0 Å². The number of aryl methyl sites for hydroxylation is 3. The van der Waals surface area contributed by atoms with Crippen molar-refractivity contribution in [2.45, 2.75) is 45.4 Å². The van der Waals surface area contributed by atoms with Gasteiger partial charge in [0.15, 0.2) is 0 Å². The van der Waals surface area contributed by atoms with Gasteiger partial charge in [0.2, 0.25) is 5.91 Å². The molecule has 1 heterocycles. The van der Waals surface area contributed by atoms with Gasteiger partial charge in [-0.15, -0.1) is 0 Å². The van der Waals surface area contributed by atoms with E-state index in [0.29, 0.717) is 24.7 Å². The fourth-order valence-corrected chi connectivity index (χ4v) is 5.34. The zero-order chi connectivity index (χ0) is 21.2. The summed E-state index contributed by atoms with van der Waals surface area (Å²) in [5.41, 5.74) is 3.42. The zero-order valence-electron chi connectivity index (χ0n) is 17.7. The van der Waals surface area contributed by atoms with Crippen molar-refractivity contribution in [3.8, 4) is 0 Å². The van der Waals surface area contributed by atoms with Crippen LogP contribution in [-0.2, 0) is 14.8 Å². The number of piperidine rings is 1. The van der Waals surface area contributed by atoms with Crippen LogP contribution in [0, 0.1) is 26.7 Å². The number of nitrogens with zero attached hydrogens (tertiary/aromatic N) is 2. The van der Waals surface area contributed by atoms with Gasteiger partial charge in [0, 0.05) is 13.1 Å². The second-order valence-corrected chi connectivity index (χ2v) is 10.1. The van der Waals surface area contributed by atoms with Crippen molar-refractivity contribution in [3.05, 3.63) is 59.2 Å². The molecule has 0 spiro atoms. The van der Waals surface area contributed by atoms with E-state index in [1.165, 1.54) is 4.31 Å². The lowest BCUT2D eigenvalue weighted by Gasteiger charge is -2.33. The van der Waals surface area contributed by atoms with E-state index in [9.17, 15) is 13.2 Å². The summed E-state index contributed by atoms with van der Waals surface area (Å²) < 4.78 is 28.3. The molecule has 1 aliphatic heterocycles. The van der Waals surface area contributed by atoms with E-state index >= 15 is 0 Å². The lowest BCUT2D eigenvalue weighted by atomic mass is 10.0. The monoisotopic (exact) mass is 414 g/mol. The molecule has 2 aromatic carbocycles. The molecule has 1 unspecified atom stereocenters. The van der Waals surface area contributed by atoms with Gasteiger partial charge in [0.05, 0.1) is 10.6 Å². The van der Waals surface area contributed by atoms with E-state index in [1.807, 2.05) is 32.9 Å². The van der Waals surface area contributed by atoms with Gasteiger partial charge in [-0.25, -0.2) is 8.42 Å². The lowest BCUT2D eigenvalue weighted by molar-refractivity contribution is -0.131. The highest BCUT2D eigenvalue weighted by Gasteiger charge is 2.31. The molecule has 5 nitrogen and oxygen atoms in total. The average molecular weight is 415 g/mol. The highest BCUT2D eigenvalue weighted by atomic mass is 32.2. The molecule has 0 saturated carbocycles. The standard InChI is InChI=1S/C23H30N2O3S/c1-17-7-10-21(11-8-17)29(27,28)25(22-12-9-18(2)14-20(22)4)16-23(26)24-13-5-6-19(3)15-24/h7-12,14,19H,5-6,13,15-16H2,1-4H3. The Hall–Kier alpha value is -2.34. The minimum Gasteiger partial charge on any atom is -0.341 e. The highest BCUT2D eigenvalue weighted by Crippen LogP contribution is 2.28. The third-order valence-electron chi connectivity index (χ3n) is 5.52. The zero-order valence-corrected chi connectivity index (χ0v) is 18.5. The van der Waals surface area contributed by atoms with Gasteiger partial charge in [-0.1, -0.05) is 42.3 Å². The second-order valence-electron chi connectivity index (χ2n) is 8.20. The Morgan fingerprint density at radius 2 is 1.72 bits per heavy atom. The smallest absolute Gasteiger partial charge is 0.264 e. The van der Waals surface area contributed by atoms with E-state index in [2.05, 4.69) is 6.92 Å². The number of rotatable bonds is 5. The molecule has 0 radical (unpaired) electrons. The van der Waals surface area contributed by atoms with Crippen molar-refractivity contribution < 1.29 is 13.2 Å². The molecular formula is C23H30N2O3S. The van der Waals surface area contributed by atoms with Gasteiger partial charge in [-0.05, 0) is 63.3 Å². The predicted octanol–water partition coefficient (Wildman–Crippen LogP) is 4.07. The SMILES string of the molecule is Cc1ccc(S(=O)(=O)N(CC(=O)N2CCCC(C)C2)c2ccc(C)cc2C)cc1. The van der Waals surface area contributed by atoms with Crippen LogP contribution in [0.4, 0.5) is 5.69 Å². The molecule has 1 atom stereocenters. The van der Waals surface area contributed by atoms with Crippen LogP contribution in [0.3, 0.4) is 0 Å². The quantitative estimate of drug-likeness (QED) is 0.741. The van der Waals surface area contributed by atoms with Gasteiger partial charge >= 0.3 is 0 Å². The fourth-order valence-electron chi connectivity index (χ4n) is 3.86. The first-order chi connectivity index (χ1) is 13.7. The van der Waals surface area contributed by atoms with Crippen molar-refractivity contribution >= 4 is 21.6 Å². The molecule has 1 saturated heterocycles. The molecule has 1 aliphatic rings. The van der Waals surface area contributed by atoms with Gasteiger partial charge in [0.1, 0.15) is 6.54 Å². The number of sulfonamides is 1. The van der Waals surface area contributed by atoms with Gasteiger partial charge in [-0.2, -0.15) is 0 Å². The first-order valence-corrected chi connectivity index (χ1v) is 11.6. The van der Waals surface area contributed by atoms with Gasteiger partial charge < -0.3 is 4.90 Å². The molecule has 0 N–H and O–H groups in total. The molecule has 0 aliphatic carbocycles. The number of hydrogen-bond acceptors (Lipinski definition) is 3. The molecule has 0 bridgehead atoms. The normalized spacial score (nSPS) is 17.2. The maximum Gasteiger partial charge on any atom is 0.264 e. The Morgan fingerprint density at radius 1 is 1.07 bits per heavy atom. The summed E-state index contributed by atoms with van der Waals surface area (Å²) in [7, 11) is -3.87. The van der Waals surface area contributed by atoms with E-state index in [0.717, 1.165) is 29.5 Å². The van der Waals surface area contributed by atoms with Crippen LogP contribution in [-0.4, -0.2) is 38.9 Å². The van der Waals surface area contributed by atoms with Crippen LogP contribution in [0.5, 0.6) is 0 Å². The first-order valence-electron chi connectivity index (χ1n) is 10.1. The van der Waals surface area contributed by atoms with E-state index in [4.69, 9.17) is 0 Å². The van der Waals surface area contributed by atoms with Crippen LogP contribution in [0.15, 0.2) is 47.4 Å². The van der Waals surface area contributed by atoms with Crippen LogP contribution < -0.4 is 4.31 Å². The Bertz CT molecular complexity index is 984. The largest absolute Gasteiger partial charge is 0.341 e. The second kappa shape index (κ2) is 8.57. The predicted molar refractivity (Wildman–Crippen MR) is 117 cm³/mol. The average Bonchev–Trinajstić information content (AvgIpc) is 2.67. The van der Waals surface area contributed by atoms with Crippen LogP contribution in [0.1, 0.15) is 36.5 Å². The summed E-state index contributed by atoms with van der Waals surface area (Å²) >= 11 is 0. The number of amides is 1. The Balaban J connectivity index is 1.99. The summed E-state index contributed by atoms with van der Waals surface area (Å²) in [6.45, 7) is 9.08. The highest BCUT2D eigenvalue weighted by molar-refractivity contribution is 7.92. The van der Waals surface area contributed by atoms with E-state index in [-0.39, 0.29) is 17.3 Å². The molecule has 29 heavy (non-hydrogen) atoms. The number of benzene rings is 2. The molecule has 0 aromatic heterocycles. The Labute approximate surface area is 174 Å². The Morgan fingerprint density at radius 3 is 2.34 bits per heavy atom. The van der Waals surface area contributed by atoms with Crippen molar-refractivity contribution in [1.29, 1.82) is 0 Å². The minimum absolute atomic E-state index is 0.146. The number of hydrogen-bond donors (Lipinski definition) is 0. The van der Waals surface area contributed by atoms with Gasteiger partial charge in [0.25, 0.3) is 10.0 Å². The lowest BCUT2D eigenvalue weighted by Crippen LogP contribution is -2.46. The minimum atomic E-state index is -3.87. The summed E-state index contributed by atoms with van der Waals surface area (Å²) in [5.74, 6) is 0.295. The number of carbonyl (C=O) groups is 1. The topological polar surface area (TPSA) is 57.7 Å². The number of likely N-dealkylation sites (tertiary alicyclic amines) is 1. The fraction of sp³-hybridized carbons (Fsp3) is 0.435. The molecule has 3 rings (SSSR count). The van der Waals surface area contributed by atoms with E-state index in [1.54, 1.807) is 35.2 Å². The van der Waals surface area contributed by atoms with Crippen molar-refractivity contribution in [2.75, 3.05) is 23.9 Å². The van der Waals surface area contributed by atoms with Crippen molar-refractivity contribution in [2.24, 2.45) is 5.92 Å². The molecule has 1 fully saturated rings. The molecular weight excluding hydrogens is 384 g/mol.